The van der Waals surface area contributed by atoms with Crippen LogP contribution in [0.15, 0.2) is 4.99 Å². The molecular formula is C6H14N4O2. The van der Waals surface area contributed by atoms with E-state index in [1.807, 2.05) is 0 Å². The Balaban J connectivity index is 3.44. The third-order valence-electron chi connectivity index (χ3n) is 1.28. The van der Waals surface area contributed by atoms with Crippen molar-refractivity contribution in [3.63, 3.8) is 0 Å². The van der Waals surface area contributed by atoms with Crippen molar-refractivity contribution in [2.24, 2.45) is 22.2 Å². The lowest BCUT2D eigenvalue weighted by Crippen LogP contribution is -2.30. The van der Waals surface area contributed by atoms with E-state index >= 15 is 0 Å². The molecule has 0 unspecified atom stereocenters. The number of carboxylic acid groups (broad SMARTS) is 1. The number of hydrogen-bond donors (Lipinski definition) is 4. The number of hydrogen-bond acceptors (Lipinski definition) is 3. The molecule has 1 atom stereocenters. The Morgan fingerprint density at radius 1 is 1.50 bits per heavy atom. The van der Waals surface area contributed by atoms with E-state index in [1.54, 1.807) is 0 Å². The average Bonchev–Trinajstić information content (AvgIpc) is 1.97. The molecule has 0 aliphatic heterocycles. The van der Waals surface area contributed by atoms with Crippen molar-refractivity contribution in [2.75, 3.05) is 6.54 Å². The van der Waals surface area contributed by atoms with Gasteiger partial charge in [-0.1, -0.05) is 0 Å². The van der Waals surface area contributed by atoms with Gasteiger partial charge in [-0.2, -0.15) is 0 Å². The lowest BCUT2D eigenvalue weighted by atomic mass is 12.0. The summed E-state index contributed by atoms with van der Waals surface area (Å²) in [5.74, 6) is -0.987. The maximum Gasteiger partial charge on any atom is 0.320 e. The summed E-state index contributed by atoms with van der Waals surface area (Å²) in [6.07, 6.45) is 0.956. The molecule has 0 rings (SSSR count). The molecule has 0 saturated heterocycles. The Bertz CT molecular complexity index is 176. The summed E-state index contributed by atoms with van der Waals surface area (Å²) < 4.78 is 0. The zero-order valence-corrected chi connectivity index (χ0v) is 6.73. The number of nitrogens with two attached hydrogens (primary N) is 3. The van der Waals surface area contributed by atoms with Crippen LogP contribution in [0.3, 0.4) is 0 Å². The Morgan fingerprint density at radius 2 is 2.08 bits per heavy atom. The summed E-state index contributed by atoms with van der Waals surface area (Å²) in [6, 6.07) is -0.820. The van der Waals surface area contributed by atoms with Crippen molar-refractivity contribution in [3.05, 3.63) is 0 Å². The van der Waals surface area contributed by atoms with Crippen molar-refractivity contribution >= 4 is 11.9 Å². The molecule has 0 aromatic carbocycles. The van der Waals surface area contributed by atoms with Gasteiger partial charge in [-0.05, 0) is 12.8 Å². The molecule has 0 amide bonds. The van der Waals surface area contributed by atoms with Gasteiger partial charge in [0.2, 0.25) is 0 Å². The van der Waals surface area contributed by atoms with Gasteiger partial charge in [0.1, 0.15) is 6.04 Å². The van der Waals surface area contributed by atoms with Gasteiger partial charge in [-0.3, -0.25) is 9.79 Å². The van der Waals surface area contributed by atoms with Gasteiger partial charge in [0.05, 0.1) is 0 Å². The van der Waals surface area contributed by atoms with Gasteiger partial charge in [0.25, 0.3) is 0 Å². The minimum atomic E-state index is -1.00. The summed E-state index contributed by atoms with van der Waals surface area (Å²) >= 11 is 0. The van der Waals surface area contributed by atoms with Crippen molar-refractivity contribution in [1.82, 2.24) is 0 Å². The normalized spacial score (nSPS) is 12.1. The molecule has 0 fully saturated rings. The number of aliphatic carboxylic acids is 1. The first-order chi connectivity index (χ1) is 5.54. The summed E-state index contributed by atoms with van der Waals surface area (Å²) in [5.41, 5.74) is 15.3. The monoisotopic (exact) mass is 186 g/mol. The zero-order chi connectivity index (χ0) is 9.56. The Kier molecular flexibility index (Phi) is 4.78. The maximum atomic E-state index is 10.2. The van der Waals surface area contributed by atoms with E-state index in [4.69, 9.17) is 22.3 Å². The summed E-state index contributed by atoms with van der Waals surface area (Å²) in [5, 5.41) is 8.38. The molecule has 0 bridgehead atoms. The number of carbonyl (C=O) groups is 1. The number of nitrogens with zero attached hydrogens (tertiary/aromatic N) is 1. The molecule has 0 aromatic rings. The van der Waals surface area contributed by atoms with Gasteiger partial charge >= 0.3 is 5.97 Å². The summed E-state index contributed by atoms with van der Waals surface area (Å²) in [4.78, 5) is 13.9. The second-order valence-electron chi connectivity index (χ2n) is 2.39. The molecule has 7 N–H and O–H groups in total. The Hall–Kier alpha value is -1.30. The molecule has 70 valence electrons. The quantitative estimate of drug-likeness (QED) is 0.235. The second-order valence-corrected chi connectivity index (χ2v) is 2.39. The van der Waals surface area contributed by atoms with Crippen LogP contribution in [0.5, 0.6) is 0 Å². The molecular weight excluding hydrogens is 172 g/mol. The maximum absolute atomic E-state index is 10.2. The van der Waals surface area contributed by atoms with Crippen LogP contribution < -0.4 is 17.2 Å². The molecule has 12 heavy (non-hydrogen) atoms. The number of carboxylic acids is 1. The van der Waals surface area contributed by atoms with Gasteiger partial charge in [0.15, 0.2) is 5.96 Å². The van der Waals surface area contributed by atoms with Crippen LogP contribution in [0, 0.1) is 0 Å². The molecule has 0 aromatic heterocycles. The highest BCUT2D eigenvalue weighted by atomic mass is 16.7. The van der Waals surface area contributed by atoms with Crippen LogP contribution in [0.4, 0.5) is 0 Å². The predicted molar refractivity (Wildman–Crippen MR) is 45.5 cm³/mol. The van der Waals surface area contributed by atoms with Crippen LogP contribution in [-0.4, -0.2) is 29.6 Å². The molecule has 0 spiro atoms. The van der Waals surface area contributed by atoms with E-state index in [-0.39, 0.29) is 5.96 Å². The Labute approximate surface area is 70.4 Å². The van der Waals surface area contributed by atoms with Crippen molar-refractivity contribution in [1.29, 1.82) is 0 Å². The molecule has 0 aliphatic carbocycles. The first-order valence-electron chi connectivity index (χ1n) is 3.58. The standard InChI is InChI=1S/C6H14N4O2/c7-4(5(11)12)2-1-3-10-6(8)9/h4H,1-3,7H2,(H,11,12)(H4,8,9,10)/t4-/m0/s1/i1+2,2+2,3+2,4+2,5+2,6+2. The van der Waals surface area contributed by atoms with Gasteiger partial charge in [-0.15, -0.1) is 0 Å². The summed E-state index contributed by atoms with van der Waals surface area (Å²) in [7, 11) is 0. The average molecular weight is 186 g/mol. The molecule has 0 saturated carbocycles. The van der Waals surface area contributed by atoms with Crippen molar-refractivity contribution in [3.8, 4) is 0 Å². The van der Waals surface area contributed by atoms with E-state index in [0.717, 1.165) is 0 Å². The first-order valence-corrected chi connectivity index (χ1v) is 3.58. The lowest BCUT2D eigenvalue weighted by Gasteiger charge is -2.03. The zero-order valence-electron chi connectivity index (χ0n) is 6.73. The van der Waals surface area contributed by atoms with Crippen LogP contribution in [0.2, 0.25) is 0 Å². The second kappa shape index (κ2) is 5.36. The van der Waals surface area contributed by atoms with Crippen molar-refractivity contribution < 1.29 is 9.90 Å². The largest absolute Gasteiger partial charge is 0.480 e. The first kappa shape index (κ1) is 10.7. The molecule has 0 radical (unpaired) electrons. The lowest BCUT2D eigenvalue weighted by molar-refractivity contribution is -0.138. The third-order valence-corrected chi connectivity index (χ3v) is 1.28. The highest BCUT2D eigenvalue weighted by molar-refractivity contribution is 5.75. The van der Waals surface area contributed by atoms with Crippen LogP contribution >= 0.6 is 0 Å². The van der Waals surface area contributed by atoms with E-state index < -0.39 is 12.0 Å². The molecule has 0 aliphatic rings. The van der Waals surface area contributed by atoms with E-state index in [9.17, 15) is 4.79 Å². The summed E-state index contributed by atoms with van der Waals surface area (Å²) in [6.45, 7) is 0.420. The molecule has 6 nitrogen and oxygen atoms in total. The van der Waals surface area contributed by atoms with Crippen LogP contribution in [-0.2, 0) is 4.79 Å². The van der Waals surface area contributed by atoms with Gasteiger partial charge in [-0.25, -0.2) is 0 Å². The highest BCUT2D eigenvalue weighted by Crippen LogP contribution is 1.94. The van der Waals surface area contributed by atoms with E-state index in [0.29, 0.717) is 19.4 Å². The predicted octanol–water partition coefficient (Wildman–Crippen LogP) is -1.55. The van der Waals surface area contributed by atoms with E-state index in [2.05, 4.69) is 4.99 Å². The number of rotatable bonds is 5. The highest BCUT2D eigenvalue weighted by Gasteiger charge is 2.09. The van der Waals surface area contributed by atoms with E-state index in [1.165, 1.54) is 0 Å². The topological polar surface area (TPSA) is 128 Å². The van der Waals surface area contributed by atoms with Crippen LogP contribution in [0.25, 0.3) is 0 Å². The van der Waals surface area contributed by atoms with Gasteiger partial charge in [0, 0.05) is 6.54 Å². The smallest absolute Gasteiger partial charge is 0.320 e. The van der Waals surface area contributed by atoms with Crippen molar-refractivity contribution in [2.45, 2.75) is 18.9 Å². The third kappa shape index (κ3) is 5.48. The number of guanidine groups is 1. The molecule has 6 heteroatoms. The molecule has 0 heterocycles. The van der Waals surface area contributed by atoms with Crippen LogP contribution in [0.1, 0.15) is 12.8 Å². The fourth-order valence-electron chi connectivity index (χ4n) is 0.643. The minimum Gasteiger partial charge on any atom is -0.480 e. The Morgan fingerprint density at radius 3 is 2.50 bits per heavy atom. The fourth-order valence-corrected chi connectivity index (χ4v) is 0.643. The fraction of sp³-hybridized carbons (Fsp3) is 0.667. The number of aliphatic imine (C=N–C) groups is 1. The minimum absolute atomic E-state index is 0.0129. The SMILES string of the molecule is N[14C](N)=N[14CH2][14CH2][14CH2][14C@H](N)[14C](=O)O. The van der Waals surface area contributed by atoms with Gasteiger partial charge < -0.3 is 22.3 Å².